The Kier molecular flexibility index (Phi) is 5.01. The third kappa shape index (κ3) is 4.12. The molecule has 7 nitrogen and oxygen atoms in total. The van der Waals surface area contributed by atoms with Crippen LogP contribution in [0, 0.1) is 24.0 Å². The van der Waals surface area contributed by atoms with Gasteiger partial charge in [0.15, 0.2) is 0 Å². The summed E-state index contributed by atoms with van der Waals surface area (Å²) in [7, 11) is 0. The van der Waals surface area contributed by atoms with Gasteiger partial charge in [-0.15, -0.1) is 11.3 Å². The van der Waals surface area contributed by atoms with Gasteiger partial charge in [-0.25, -0.2) is 15.0 Å². The van der Waals surface area contributed by atoms with E-state index in [1.165, 1.54) is 12.1 Å². The number of rotatable bonds is 5. The predicted octanol–water partition coefficient (Wildman–Crippen LogP) is 5.54. The van der Waals surface area contributed by atoms with E-state index in [1.54, 1.807) is 23.5 Å². The molecule has 4 aromatic rings. The summed E-state index contributed by atoms with van der Waals surface area (Å²) < 4.78 is 0. The van der Waals surface area contributed by atoms with Crippen LogP contribution in [0.4, 0.5) is 17.3 Å². The highest BCUT2D eigenvalue weighted by molar-refractivity contribution is 7.15. The first-order valence-electron chi connectivity index (χ1n) is 8.90. The van der Waals surface area contributed by atoms with Gasteiger partial charge in [0, 0.05) is 23.4 Å². The molecule has 8 heteroatoms. The number of nitro groups is 1. The molecule has 1 N–H and O–H groups in total. The monoisotopic (exact) mass is 403 g/mol. The second-order valence-corrected chi connectivity index (χ2v) is 7.61. The smallest absolute Gasteiger partial charge is 0.271 e. The maximum atomic E-state index is 11.1. The summed E-state index contributed by atoms with van der Waals surface area (Å²) >= 11 is 1.57. The number of hydrogen-bond acceptors (Lipinski definition) is 7. The number of aromatic nitrogens is 3. The van der Waals surface area contributed by atoms with Crippen LogP contribution in [0.2, 0.25) is 0 Å². The van der Waals surface area contributed by atoms with Gasteiger partial charge in [-0.3, -0.25) is 10.1 Å². The Morgan fingerprint density at radius 2 is 1.69 bits per heavy atom. The van der Waals surface area contributed by atoms with Gasteiger partial charge in [-0.2, -0.15) is 0 Å². The van der Waals surface area contributed by atoms with Crippen molar-refractivity contribution in [1.82, 2.24) is 15.0 Å². The fraction of sp³-hybridized carbons (Fsp3) is 0.0952. The maximum absolute atomic E-state index is 11.1. The number of aryl methyl sites for hydroxylation is 2. The van der Waals surface area contributed by atoms with Crippen molar-refractivity contribution in [3.8, 4) is 21.8 Å². The topological polar surface area (TPSA) is 93.8 Å². The molecule has 2 aromatic carbocycles. The van der Waals surface area contributed by atoms with Crippen molar-refractivity contribution in [1.29, 1.82) is 0 Å². The average Bonchev–Trinajstić information content (AvgIpc) is 3.06. The third-order valence-corrected chi connectivity index (χ3v) is 5.34. The van der Waals surface area contributed by atoms with Crippen LogP contribution in [-0.4, -0.2) is 19.9 Å². The third-order valence-electron chi connectivity index (χ3n) is 4.24. The zero-order valence-electron chi connectivity index (χ0n) is 15.8. The average molecular weight is 403 g/mol. The van der Waals surface area contributed by atoms with Crippen LogP contribution in [-0.2, 0) is 0 Å². The number of nitro benzene ring substituents is 1. The van der Waals surface area contributed by atoms with Crippen LogP contribution in [0.3, 0.4) is 0 Å². The number of anilines is 2. The summed E-state index contributed by atoms with van der Waals surface area (Å²) in [5.41, 5.74) is 3.93. The predicted molar refractivity (Wildman–Crippen MR) is 114 cm³/mol. The summed E-state index contributed by atoms with van der Waals surface area (Å²) in [5.74, 6) is 0.368. The molecular formula is C21H17N5O2S. The molecule has 0 aliphatic heterocycles. The summed E-state index contributed by atoms with van der Waals surface area (Å²) in [5, 5.41) is 15.1. The molecule has 0 spiro atoms. The minimum Gasteiger partial charge on any atom is -0.324 e. The van der Waals surface area contributed by atoms with Crippen LogP contribution in [0.1, 0.15) is 10.7 Å². The van der Waals surface area contributed by atoms with E-state index < -0.39 is 4.92 Å². The van der Waals surface area contributed by atoms with E-state index in [4.69, 9.17) is 0 Å². The molecule has 0 saturated heterocycles. The number of nitrogens with zero attached hydrogens (tertiary/aromatic N) is 4. The van der Waals surface area contributed by atoms with Crippen molar-refractivity contribution in [2.45, 2.75) is 13.8 Å². The highest BCUT2D eigenvalue weighted by Crippen LogP contribution is 2.32. The van der Waals surface area contributed by atoms with Crippen molar-refractivity contribution >= 4 is 28.7 Å². The van der Waals surface area contributed by atoms with Crippen molar-refractivity contribution in [2.24, 2.45) is 0 Å². The van der Waals surface area contributed by atoms with Crippen LogP contribution in [0.25, 0.3) is 21.8 Å². The molecule has 0 aliphatic carbocycles. The normalized spacial score (nSPS) is 10.7. The molecule has 0 radical (unpaired) electrons. The van der Waals surface area contributed by atoms with Crippen LogP contribution >= 0.6 is 11.3 Å². The van der Waals surface area contributed by atoms with Crippen molar-refractivity contribution in [3.63, 3.8) is 0 Å². The number of thiazole rings is 1. The molecule has 0 unspecified atom stereocenters. The van der Waals surface area contributed by atoms with E-state index in [-0.39, 0.29) is 5.69 Å². The van der Waals surface area contributed by atoms with E-state index in [0.717, 1.165) is 32.5 Å². The lowest BCUT2D eigenvalue weighted by Crippen LogP contribution is -2.01. The first-order chi connectivity index (χ1) is 14.0. The van der Waals surface area contributed by atoms with Gasteiger partial charge in [-0.05, 0) is 26.0 Å². The first kappa shape index (κ1) is 18.7. The fourth-order valence-corrected chi connectivity index (χ4v) is 3.85. The second-order valence-electron chi connectivity index (χ2n) is 6.41. The molecule has 0 fully saturated rings. The number of nitrogens with one attached hydrogen (secondary N) is 1. The van der Waals surface area contributed by atoms with Crippen LogP contribution in [0.5, 0.6) is 0 Å². The molecule has 4 rings (SSSR count). The van der Waals surface area contributed by atoms with E-state index in [2.05, 4.69) is 20.3 Å². The second kappa shape index (κ2) is 7.76. The zero-order chi connectivity index (χ0) is 20.4. The summed E-state index contributed by atoms with van der Waals surface area (Å²) in [4.78, 5) is 25.4. The molecule has 144 valence electrons. The molecule has 0 atom stereocenters. The minimum atomic E-state index is -0.429. The first-order valence-corrected chi connectivity index (χ1v) is 9.71. The Labute approximate surface area is 171 Å². The van der Waals surface area contributed by atoms with Gasteiger partial charge < -0.3 is 5.32 Å². The number of benzene rings is 2. The Hall–Kier alpha value is -3.65. The molecule has 0 bridgehead atoms. The fourth-order valence-electron chi connectivity index (χ4n) is 2.97. The highest BCUT2D eigenvalue weighted by Gasteiger charge is 2.14. The lowest BCUT2D eigenvalue weighted by Gasteiger charge is -2.10. The van der Waals surface area contributed by atoms with E-state index >= 15 is 0 Å². The van der Waals surface area contributed by atoms with Gasteiger partial charge in [0.2, 0.25) is 5.95 Å². The van der Waals surface area contributed by atoms with E-state index in [9.17, 15) is 10.1 Å². The maximum Gasteiger partial charge on any atom is 0.271 e. The van der Waals surface area contributed by atoms with Crippen molar-refractivity contribution in [3.05, 3.63) is 81.5 Å². The molecule has 0 saturated carbocycles. The standard InChI is InChI=1S/C21H17N5O2S/c1-13-20(29-14(2)22-13)19-12-18(15-7-4-3-5-8-15)24-21(25-19)23-16-9-6-10-17(11-16)26(27)28/h3-12H,1-2H3,(H,23,24,25). The molecular weight excluding hydrogens is 386 g/mol. The van der Waals surface area contributed by atoms with Crippen LogP contribution in [0.15, 0.2) is 60.7 Å². The summed E-state index contributed by atoms with van der Waals surface area (Å²) in [6.07, 6.45) is 0. The molecule has 2 heterocycles. The van der Waals surface area contributed by atoms with Gasteiger partial charge in [-0.1, -0.05) is 36.4 Å². The van der Waals surface area contributed by atoms with Crippen molar-refractivity contribution < 1.29 is 4.92 Å². The molecule has 0 amide bonds. The van der Waals surface area contributed by atoms with Gasteiger partial charge in [0.25, 0.3) is 5.69 Å². The summed E-state index contributed by atoms with van der Waals surface area (Å²) in [6, 6.07) is 18.0. The SMILES string of the molecule is Cc1nc(C)c(-c2cc(-c3ccccc3)nc(Nc3cccc([N+](=O)[O-])c3)n2)s1. The van der Waals surface area contributed by atoms with E-state index in [0.29, 0.717) is 11.6 Å². The van der Waals surface area contributed by atoms with Crippen molar-refractivity contribution in [2.75, 3.05) is 5.32 Å². The minimum absolute atomic E-state index is 0.00311. The Bertz CT molecular complexity index is 1190. The molecule has 2 aromatic heterocycles. The van der Waals surface area contributed by atoms with Gasteiger partial charge >= 0.3 is 0 Å². The Morgan fingerprint density at radius 3 is 2.38 bits per heavy atom. The lowest BCUT2D eigenvalue weighted by atomic mass is 10.1. The van der Waals surface area contributed by atoms with Crippen LogP contribution < -0.4 is 5.32 Å². The summed E-state index contributed by atoms with van der Waals surface area (Å²) in [6.45, 7) is 3.92. The lowest BCUT2D eigenvalue weighted by molar-refractivity contribution is -0.384. The highest BCUT2D eigenvalue weighted by atomic mass is 32.1. The molecule has 0 aliphatic rings. The Morgan fingerprint density at radius 1 is 0.931 bits per heavy atom. The number of hydrogen-bond donors (Lipinski definition) is 1. The largest absolute Gasteiger partial charge is 0.324 e. The zero-order valence-corrected chi connectivity index (χ0v) is 16.6. The molecule has 29 heavy (non-hydrogen) atoms. The quantitative estimate of drug-likeness (QED) is 0.347. The van der Waals surface area contributed by atoms with Gasteiger partial charge in [0.1, 0.15) is 0 Å². The van der Waals surface area contributed by atoms with Gasteiger partial charge in [0.05, 0.1) is 31.9 Å². The van der Waals surface area contributed by atoms with E-state index in [1.807, 2.05) is 50.2 Å². The Balaban J connectivity index is 1.81. The number of non-ortho nitro benzene ring substituents is 1.